The largest absolute Gasteiger partial charge is 0.329 e. The summed E-state index contributed by atoms with van der Waals surface area (Å²) in [5.74, 6) is 0.532. The second-order valence-corrected chi connectivity index (χ2v) is 7.42. The molecule has 1 unspecified atom stereocenters. The molecule has 0 amide bonds. The van der Waals surface area contributed by atoms with Gasteiger partial charge < -0.3 is 5.73 Å². The molecule has 0 bridgehead atoms. The van der Waals surface area contributed by atoms with Crippen molar-refractivity contribution in [1.82, 2.24) is 4.31 Å². The van der Waals surface area contributed by atoms with Gasteiger partial charge in [0.05, 0.1) is 5.25 Å². The normalized spacial score (nSPS) is 19.4. The highest BCUT2D eigenvalue weighted by atomic mass is 32.2. The van der Waals surface area contributed by atoms with E-state index < -0.39 is 15.3 Å². The van der Waals surface area contributed by atoms with Crippen molar-refractivity contribution in [3.8, 4) is 0 Å². The van der Waals surface area contributed by atoms with Crippen LogP contribution >= 0.6 is 0 Å². The molecule has 0 aromatic heterocycles. The fourth-order valence-corrected chi connectivity index (χ4v) is 3.31. The number of sulfonamides is 1. The van der Waals surface area contributed by atoms with Gasteiger partial charge in [0.15, 0.2) is 0 Å². The van der Waals surface area contributed by atoms with Crippen LogP contribution in [0.2, 0.25) is 0 Å². The van der Waals surface area contributed by atoms with Crippen molar-refractivity contribution in [2.24, 2.45) is 11.7 Å². The maximum Gasteiger partial charge on any atom is 0.218 e. The Morgan fingerprint density at radius 3 is 2.25 bits per heavy atom. The van der Waals surface area contributed by atoms with E-state index in [2.05, 4.69) is 13.8 Å². The molecule has 1 aliphatic rings. The summed E-state index contributed by atoms with van der Waals surface area (Å²) in [6.45, 7) is 6.77. The molecule has 1 fully saturated rings. The van der Waals surface area contributed by atoms with Crippen molar-refractivity contribution in [2.45, 2.75) is 51.3 Å². The van der Waals surface area contributed by atoms with Gasteiger partial charge in [0.2, 0.25) is 10.0 Å². The second-order valence-electron chi connectivity index (χ2n) is 5.12. The van der Waals surface area contributed by atoms with E-state index in [1.807, 2.05) is 0 Å². The van der Waals surface area contributed by atoms with Gasteiger partial charge in [-0.3, -0.25) is 0 Å². The molecule has 5 heteroatoms. The summed E-state index contributed by atoms with van der Waals surface area (Å²) in [7, 11) is -3.18. The topological polar surface area (TPSA) is 63.4 Å². The van der Waals surface area contributed by atoms with Crippen LogP contribution in [-0.4, -0.2) is 37.1 Å². The van der Waals surface area contributed by atoms with Crippen molar-refractivity contribution in [3.63, 3.8) is 0 Å². The van der Waals surface area contributed by atoms with Gasteiger partial charge in [-0.05, 0) is 32.1 Å². The zero-order valence-electron chi connectivity index (χ0n) is 10.5. The number of hydrogen-bond acceptors (Lipinski definition) is 3. The third kappa shape index (κ3) is 3.43. The highest BCUT2D eigenvalue weighted by Gasteiger charge is 2.38. The molecule has 1 rings (SSSR count). The van der Waals surface area contributed by atoms with Crippen LogP contribution in [0.5, 0.6) is 0 Å². The van der Waals surface area contributed by atoms with Crippen molar-refractivity contribution in [2.75, 3.05) is 13.1 Å². The number of rotatable bonds is 7. The van der Waals surface area contributed by atoms with Crippen LogP contribution in [0, 0.1) is 5.92 Å². The number of nitrogens with two attached hydrogens (primary N) is 1. The summed E-state index contributed by atoms with van der Waals surface area (Å²) >= 11 is 0. The average Bonchev–Trinajstić information content (AvgIpc) is 3.00. The number of nitrogens with zero attached hydrogens (tertiary/aromatic N) is 1. The first-order chi connectivity index (χ1) is 7.39. The Kier molecular flexibility index (Phi) is 4.76. The Morgan fingerprint density at radius 1 is 1.31 bits per heavy atom. The van der Waals surface area contributed by atoms with E-state index in [0.717, 1.165) is 19.3 Å². The van der Waals surface area contributed by atoms with Gasteiger partial charge in [-0.15, -0.1) is 0 Å². The molecule has 0 radical (unpaired) electrons. The summed E-state index contributed by atoms with van der Waals surface area (Å²) in [4.78, 5) is 0. The lowest BCUT2D eigenvalue weighted by Crippen LogP contribution is -2.42. The average molecular weight is 248 g/mol. The van der Waals surface area contributed by atoms with E-state index in [1.165, 1.54) is 0 Å². The SMILES string of the molecule is CC(C)CCN(C1CC1)S(=O)(=O)C(C)CN. The molecule has 0 aliphatic heterocycles. The maximum atomic E-state index is 12.2. The fourth-order valence-electron chi connectivity index (χ4n) is 1.62. The molecule has 0 aromatic carbocycles. The second kappa shape index (κ2) is 5.47. The molecule has 1 atom stereocenters. The van der Waals surface area contributed by atoms with Gasteiger partial charge in [-0.25, -0.2) is 8.42 Å². The van der Waals surface area contributed by atoms with Gasteiger partial charge in [0.25, 0.3) is 0 Å². The van der Waals surface area contributed by atoms with Crippen LogP contribution < -0.4 is 5.73 Å². The van der Waals surface area contributed by atoms with Crippen LogP contribution in [0.15, 0.2) is 0 Å². The monoisotopic (exact) mass is 248 g/mol. The molecule has 0 aromatic rings. The zero-order chi connectivity index (χ0) is 12.3. The molecular formula is C11H24N2O2S. The Bertz CT molecular complexity index is 310. The zero-order valence-corrected chi connectivity index (χ0v) is 11.3. The molecule has 0 saturated heterocycles. The molecule has 1 saturated carbocycles. The summed E-state index contributed by atoms with van der Waals surface area (Å²) in [5, 5.41) is -0.458. The summed E-state index contributed by atoms with van der Waals surface area (Å²) < 4.78 is 26.1. The molecule has 4 nitrogen and oxygen atoms in total. The quantitative estimate of drug-likeness (QED) is 0.735. The minimum Gasteiger partial charge on any atom is -0.329 e. The van der Waals surface area contributed by atoms with E-state index in [0.29, 0.717) is 12.5 Å². The third-order valence-corrected chi connectivity index (χ3v) is 5.39. The van der Waals surface area contributed by atoms with E-state index in [4.69, 9.17) is 5.73 Å². The minimum absolute atomic E-state index is 0.202. The van der Waals surface area contributed by atoms with Crippen LogP contribution in [0.3, 0.4) is 0 Å². The van der Waals surface area contributed by atoms with Gasteiger partial charge in [-0.1, -0.05) is 13.8 Å². The van der Waals surface area contributed by atoms with E-state index >= 15 is 0 Å². The van der Waals surface area contributed by atoms with Gasteiger partial charge in [-0.2, -0.15) is 4.31 Å². The standard InChI is InChI=1S/C11H24N2O2S/c1-9(2)6-7-13(11-4-5-11)16(14,15)10(3)8-12/h9-11H,4-8,12H2,1-3H3. The molecule has 0 heterocycles. The minimum atomic E-state index is -3.18. The summed E-state index contributed by atoms with van der Waals surface area (Å²) in [6.07, 6.45) is 2.94. The molecule has 2 N–H and O–H groups in total. The third-order valence-electron chi connectivity index (χ3n) is 3.05. The summed E-state index contributed by atoms with van der Waals surface area (Å²) in [6, 6.07) is 0.248. The highest BCUT2D eigenvalue weighted by molar-refractivity contribution is 7.89. The molecule has 0 spiro atoms. The molecule has 16 heavy (non-hydrogen) atoms. The Labute approximate surface area is 99.2 Å². The van der Waals surface area contributed by atoms with Crippen molar-refractivity contribution < 1.29 is 8.42 Å². The Hall–Kier alpha value is -0.130. The van der Waals surface area contributed by atoms with Crippen molar-refractivity contribution in [3.05, 3.63) is 0 Å². The van der Waals surface area contributed by atoms with E-state index in [1.54, 1.807) is 11.2 Å². The first-order valence-corrected chi connectivity index (χ1v) is 7.60. The van der Waals surface area contributed by atoms with Gasteiger partial charge >= 0.3 is 0 Å². The number of hydrogen-bond donors (Lipinski definition) is 1. The van der Waals surface area contributed by atoms with E-state index in [9.17, 15) is 8.42 Å². The Balaban J connectivity index is 2.69. The van der Waals surface area contributed by atoms with E-state index in [-0.39, 0.29) is 12.6 Å². The summed E-state index contributed by atoms with van der Waals surface area (Å²) in [5.41, 5.74) is 5.47. The lowest BCUT2D eigenvalue weighted by molar-refractivity contribution is 0.369. The predicted molar refractivity (Wildman–Crippen MR) is 66.6 cm³/mol. The Morgan fingerprint density at radius 2 is 1.88 bits per heavy atom. The van der Waals surface area contributed by atoms with Gasteiger partial charge in [0, 0.05) is 19.1 Å². The maximum absolute atomic E-state index is 12.2. The van der Waals surface area contributed by atoms with Crippen LogP contribution in [-0.2, 0) is 10.0 Å². The fraction of sp³-hybridized carbons (Fsp3) is 1.00. The smallest absolute Gasteiger partial charge is 0.218 e. The lowest BCUT2D eigenvalue weighted by Gasteiger charge is -2.25. The van der Waals surface area contributed by atoms with Crippen LogP contribution in [0.25, 0.3) is 0 Å². The highest BCUT2D eigenvalue weighted by Crippen LogP contribution is 2.31. The van der Waals surface area contributed by atoms with Crippen molar-refractivity contribution >= 4 is 10.0 Å². The van der Waals surface area contributed by atoms with Crippen LogP contribution in [0.4, 0.5) is 0 Å². The lowest BCUT2D eigenvalue weighted by atomic mass is 10.1. The first kappa shape index (κ1) is 13.9. The predicted octanol–water partition coefficient (Wildman–Crippen LogP) is 1.17. The first-order valence-electron chi connectivity index (χ1n) is 6.10. The molecule has 1 aliphatic carbocycles. The van der Waals surface area contributed by atoms with Gasteiger partial charge in [0.1, 0.15) is 0 Å². The molecule has 96 valence electrons. The molecular weight excluding hydrogens is 224 g/mol. The van der Waals surface area contributed by atoms with Crippen LogP contribution in [0.1, 0.15) is 40.0 Å². The van der Waals surface area contributed by atoms with Crippen molar-refractivity contribution in [1.29, 1.82) is 0 Å².